The standard InChI is InChI=1S/C14H13NO3/c1-2-5-10(15)11-12(16)8-6-3-4-7-9(8)13(17)14(11)18/h3-4,6-7,15-16H,2,5H2,1H3. The maximum Gasteiger partial charge on any atom is 0.239 e. The smallest absolute Gasteiger partial charge is 0.239 e. The number of aliphatic hydroxyl groups is 1. The fourth-order valence-corrected chi connectivity index (χ4v) is 2.02. The molecule has 0 fully saturated rings. The highest BCUT2D eigenvalue weighted by molar-refractivity contribution is 6.57. The van der Waals surface area contributed by atoms with Crippen LogP contribution in [0.5, 0.6) is 0 Å². The lowest BCUT2D eigenvalue weighted by Gasteiger charge is -2.17. The van der Waals surface area contributed by atoms with Gasteiger partial charge in [0.2, 0.25) is 11.6 Å². The number of carbonyl (C=O) groups excluding carboxylic acids is 2. The van der Waals surface area contributed by atoms with E-state index in [1.54, 1.807) is 18.2 Å². The third-order valence-electron chi connectivity index (χ3n) is 2.90. The minimum Gasteiger partial charge on any atom is -0.506 e. The summed E-state index contributed by atoms with van der Waals surface area (Å²) in [6.07, 6.45) is 1.04. The zero-order valence-electron chi connectivity index (χ0n) is 9.99. The van der Waals surface area contributed by atoms with Crippen LogP contribution in [0.1, 0.15) is 35.7 Å². The van der Waals surface area contributed by atoms with Gasteiger partial charge in [-0.25, -0.2) is 0 Å². The maximum absolute atomic E-state index is 11.9. The zero-order valence-corrected chi connectivity index (χ0v) is 9.99. The van der Waals surface area contributed by atoms with Crippen molar-refractivity contribution in [3.8, 4) is 0 Å². The van der Waals surface area contributed by atoms with Crippen LogP contribution >= 0.6 is 0 Å². The Bertz CT molecular complexity index is 584. The van der Waals surface area contributed by atoms with Crippen LogP contribution in [0.4, 0.5) is 0 Å². The summed E-state index contributed by atoms with van der Waals surface area (Å²) in [5.74, 6) is -1.70. The first kappa shape index (κ1) is 12.2. The van der Waals surface area contributed by atoms with E-state index in [-0.39, 0.29) is 22.6 Å². The van der Waals surface area contributed by atoms with Crippen LogP contribution in [0.25, 0.3) is 5.76 Å². The average molecular weight is 243 g/mol. The molecule has 1 aliphatic carbocycles. The molecule has 1 aromatic rings. The van der Waals surface area contributed by atoms with Crippen LogP contribution in [-0.4, -0.2) is 22.4 Å². The van der Waals surface area contributed by atoms with E-state index in [9.17, 15) is 14.7 Å². The molecule has 0 heterocycles. The lowest BCUT2D eigenvalue weighted by atomic mass is 9.85. The second-order valence-electron chi connectivity index (χ2n) is 4.16. The summed E-state index contributed by atoms with van der Waals surface area (Å²) in [6.45, 7) is 1.87. The third-order valence-corrected chi connectivity index (χ3v) is 2.90. The number of aliphatic hydroxyl groups excluding tert-OH is 1. The molecule has 0 saturated carbocycles. The molecule has 4 nitrogen and oxygen atoms in total. The summed E-state index contributed by atoms with van der Waals surface area (Å²) in [4.78, 5) is 23.8. The molecular weight excluding hydrogens is 230 g/mol. The van der Waals surface area contributed by atoms with E-state index in [0.717, 1.165) is 0 Å². The van der Waals surface area contributed by atoms with Crippen molar-refractivity contribution in [2.75, 3.05) is 0 Å². The van der Waals surface area contributed by atoms with E-state index in [1.807, 2.05) is 6.92 Å². The van der Waals surface area contributed by atoms with Crippen molar-refractivity contribution in [3.05, 3.63) is 41.0 Å². The van der Waals surface area contributed by atoms with Gasteiger partial charge in [0, 0.05) is 16.8 Å². The molecule has 1 aromatic carbocycles. The van der Waals surface area contributed by atoms with Crippen LogP contribution in [0.3, 0.4) is 0 Å². The molecule has 0 saturated heterocycles. The quantitative estimate of drug-likeness (QED) is 0.632. The van der Waals surface area contributed by atoms with Gasteiger partial charge in [0.25, 0.3) is 0 Å². The van der Waals surface area contributed by atoms with Crippen LogP contribution in [0.2, 0.25) is 0 Å². The molecule has 0 aromatic heterocycles. The van der Waals surface area contributed by atoms with Crippen LogP contribution in [-0.2, 0) is 4.79 Å². The summed E-state index contributed by atoms with van der Waals surface area (Å²) in [6, 6.07) is 6.40. The van der Waals surface area contributed by atoms with Gasteiger partial charge in [-0.3, -0.25) is 9.59 Å². The van der Waals surface area contributed by atoms with Crippen LogP contribution < -0.4 is 0 Å². The Morgan fingerprint density at radius 2 is 1.78 bits per heavy atom. The third kappa shape index (κ3) is 1.76. The molecule has 0 bridgehead atoms. The van der Waals surface area contributed by atoms with E-state index >= 15 is 0 Å². The summed E-state index contributed by atoms with van der Waals surface area (Å²) in [5, 5.41) is 17.9. The lowest BCUT2D eigenvalue weighted by molar-refractivity contribution is -0.111. The minimum absolute atomic E-state index is 0.0165. The van der Waals surface area contributed by atoms with Crippen molar-refractivity contribution in [3.63, 3.8) is 0 Å². The van der Waals surface area contributed by atoms with E-state index in [1.165, 1.54) is 6.07 Å². The molecule has 18 heavy (non-hydrogen) atoms. The largest absolute Gasteiger partial charge is 0.506 e. The number of Topliss-reactive ketones (excluding diaryl/α,β-unsaturated/α-hetero) is 2. The molecule has 2 rings (SSSR count). The second-order valence-corrected chi connectivity index (χ2v) is 4.16. The fraction of sp³-hybridized carbons (Fsp3) is 0.214. The van der Waals surface area contributed by atoms with E-state index in [4.69, 9.17) is 5.41 Å². The van der Waals surface area contributed by atoms with Crippen molar-refractivity contribution in [1.29, 1.82) is 5.41 Å². The lowest BCUT2D eigenvalue weighted by Crippen LogP contribution is -2.27. The number of carbonyl (C=O) groups is 2. The molecule has 0 radical (unpaired) electrons. The Morgan fingerprint density at radius 1 is 1.17 bits per heavy atom. The predicted molar refractivity (Wildman–Crippen MR) is 68.0 cm³/mol. The highest BCUT2D eigenvalue weighted by atomic mass is 16.3. The fourth-order valence-electron chi connectivity index (χ4n) is 2.02. The van der Waals surface area contributed by atoms with Gasteiger partial charge >= 0.3 is 0 Å². The molecular formula is C14H13NO3. The first-order chi connectivity index (χ1) is 8.57. The van der Waals surface area contributed by atoms with Crippen LogP contribution in [0.15, 0.2) is 29.8 Å². The number of hydrogen-bond acceptors (Lipinski definition) is 4. The van der Waals surface area contributed by atoms with Crippen molar-refractivity contribution >= 4 is 23.0 Å². The number of hydrogen-bond donors (Lipinski definition) is 2. The van der Waals surface area contributed by atoms with E-state index in [2.05, 4.69) is 0 Å². The van der Waals surface area contributed by atoms with Crippen molar-refractivity contribution in [2.45, 2.75) is 19.8 Å². The van der Waals surface area contributed by atoms with Gasteiger partial charge in [0.15, 0.2) is 0 Å². The van der Waals surface area contributed by atoms with Gasteiger partial charge < -0.3 is 10.5 Å². The molecule has 0 unspecified atom stereocenters. The summed E-state index contributed by atoms with van der Waals surface area (Å²) >= 11 is 0. The normalized spacial score (nSPS) is 14.7. The first-order valence-corrected chi connectivity index (χ1v) is 5.77. The molecule has 4 heteroatoms. The molecule has 0 amide bonds. The molecule has 0 spiro atoms. The summed E-state index contributed by atoms with van der Waals surface area (Å²) < 4.78 is 0. The highest BCUT2D eigenvalue weighted by Gasteiger charge is 2.34. The number of rotatable bonds is 3. The first-order valence-electron chi connectivity index (χ1n) is 5.77. The van der Waals surface area contributed by atoms with Crippen molar-refractivity contribution < 1.29 is 14.7 Å². The Kier molecular flexibility index (Phi) is 3.10. The Balaban J connectivity index is 2.62. The minimum atomic E-state index is -0.787. The Morgan fingerprint density at radius 3 is 2.39 bits per heavy atom. The van der Waals surface area contributed by atoms with Gasteiger partial charge in [0.1, 0.15) is 5.76 Å². The molecule has 0 atom stereocenters. The van der Waals surface area contributed by atoms with Gasteiger partial charge in [-0.05, 0) is 6.42 Å². The number of ketones is 2. The zero-order chi connectivity index (χ0) is 13.3. The summed E-state index contributed by atoms with van der Waals surface area (Å²) in [5.41, 5.74) is 0.398. The predicted octanol–water partition coefficient (Wildman–Crippen LogP) is 2.54. The van der Waals surface area contributed by atoms with Gasteiger partial charge in [-0.1, -0.05) is 37.6 Å². The number of benzene rings is 1. The Labute approximate surface area is 104 Å². The van der Waals surface area contributed by atoms with Crippen LogP contribution in [0, 0.1) is 5.41 Å². The second kappa shape index (κ2) is 4.56. The van der Waals surface area contributed by atoms with Gasteiger partial charge in [-0.15, -0.1) is 0 Å². The van der Waals surface area contributed by atoms with Crippen molar-refractivity contribution in [2.24, 2.45) is 0 Å². The SMILES string of the molecule is CCCC(=N)C1=C(O)c2ccccc2C(=O)C1=O. The highest BCUT2D eigenvalue weighted by Crippen LogP contribution is 2.28. The van der Waals surface area contributed by atoms with E-state index < -0.39 is 11.6 Å². The summed E-state index contributed by atoms with van der Waals surface area (Å²) in [7, 11) is 0. The monoisotopic (exact) mass is 243 g/mol. The maximum atomic E-state index is 11.9. The van der Waals surface area contributed by atoms with E-state index in [0.29, 0.717) is 18.4 Å². The average Bonchev–Trinajstić information content (AvgIpc) is 2.37. The molecule has 92 valence electrons. The topological polar surface area (TPSA) is 78.2 Å². The van der Waals surface area contributed by atoms with Gasteiger partial charge in [0.05, 0.1) is 5.57 Å². The van der Waals surface area contributed by atoms with Gasteiger partial charge in [-0.2, -0.15) is 0 Å². The molecule has 0 aliphatic heterocycles. The molecule has 2 N–H and O–H groups in total. The number of allylic oxidation sites excluding steroid dienone is 1. The van der Waals surface area contributed by atoms with Crippen molar-refractivity contribution in [1.82, 2.24) is 0 Å². The Hall–Kier alpha value is -2.23. The number of nitrogens with one attached hydrogen (secondary N) is 1. The number of fused-ring (bicyclic) bond motifs is 1. The molecule has 1 aliphatic rings.